The minimum absolute atomic E-state index is 0.246. The van der Waals surface area contributed by atoms with Crippen molar-refractivity contribution < 1.29 is 19.1 Å². The van der Waals surface area contributed by atoms with E-state index in [-0.39, 0.29) is 11.6 Å². The number of benzene rings is 1. The van der Waals surface area contributed by atoms with Crippen LogP contribution in [-0.2, 0) is 9.59 Å². The number of unbranched alkanes of at least 4 members (excludes halogenated alkanes) is 1. The summed E-state index contributed by atoms with van der Waals surface area (Å²) in [5, 5.41) is 11.2. The van der Waals surface area contributed by atoms with Gasteiger partial charge in [-0.3, -0.25) is 9.59 Å². The first-order valence-corrected chi connectivity index (χ1v) is 7.44. The number of allylic oxidation sites excluding steroid dienone is 1. The molecule has 0 atom stereocenters. The third-order valence-corrected chi connectivity index (χ3v) is 3.10. The fourth-order valence-corrected chi connectivity index (χ4v) is 1.92. The van der Waals surface area contributed by atoms with Crippen molar-refractivity contribution in [2.45, 2.75) is 39.0 Å². The van der Waals surface area contributed by atoms with Crippen molar-refractivity contribution in [1.82, 2.24) is 5.32 Å². The summed E-state index contributed by atoms with van der Waals surface area (Å²) in [5.41, 5.74) is 1.83. The van der Waals surface area contributed by atoms with Gasteiger partial charge in [0, 0.05) is 31.5 Å². The van der Waals surface area contributed by atoms with Crippen molar-refractivity contribution >= 4 is 17.8 Å². The third-order valence-electron chi connectivity index (χ3n) is 3.10. The summed E-state index contributed by atoms with van der Waals surface area (Å²) in [6.45, 7) is 2.68. The Kier molecular flexibility index (Phi) is 7.89. The molecule has 2 N–H and O–H groups in total. The number of carboxylic acids is 1. The largest absolute Gasteiger partial charge is 0.481 e. The maximum atomic E-state index is 12.6. The first-order chi connectivity index (χ1) is 10.5. The molecule has 0 saturated carbocycles. The summed E-state index contributed by atoms with van der Waals surface area (Å²) in [6, 6.07) is 6.22. The lowest BCUT2D eigenvalue weighted by Gasteiger charge is -2.15. The van der Waals surface area contributed by atoms with Crippen LogP contribution in [0, 0.1) is 5.82 Å². The van der Waals surface area contributed by atoms with Gasteiger partial charge in [-0.25, -0.2) is 4.39 Å². The number of hydrogen-bond donors (Lipinski definition) is 2. The molecule has 1 aromatic carbocycles. The zero-order chi connectivity index (χ0) is 16.4. The summed E-state index contributed by atoms with van der Waals surface area (Å²) in [6.07, 6.45) is 5.02. The number of carboxylic acid groups (broad SMARTS) is 1. The van der Waals surface area contributed by atoms with E-state index in [1.165, 1.54) is 12.1 Å². The second kappa shape index (κ2) is 9.71. The molecule has 0 radical (unpaired) electrons. The monoisotopic (exact) mass is 307 g/mol. The van der Waals surface area contributed by atoms with Crippen LogP contribution in [0.4, 0.5) is 4.39 Å². The van der Waals surface area contributed by atoms with E-state index in [9.17, 15) is 14.0 Å². The molecular weight excluding hydrogens is 285 g/mol. The molecule has 1 aliphatic heterocycles. The molecule has 1 saturated heterocycles. The Balaban J connectivity index is 0.000000295. The fraction of sp³-hybridized carbons (Fsp3) is 0.412. The van der Waals surface area contributed by atoms with Gasteiger partial charge < -0.3 is 10.4 Å². The lowest BCUT2D eigenvalue weighted by Crippen LogP contribution is -2.25. The fourth-order valence-electron chi connectivity index (χ4n) is 1.92. The summed E-state index contributed by atoms with van der Waals surface area (Å²) >= 11 is 0. The quantitative estimate of drug-likeness (QED) is 0.895. The van der Waals surface area contributed by atoms with Crippen LogP contribution in [0.3, 0.4) is 0 Å². The van der Waals surface area contributed by atoms with Gasteiger partial charge >= 0.3 is 5.97 Å². The van der Waals surface area contributed by atoms with E-state index >= 15 is 0 Å². The molecule has 0 bridgehead atoms. The standard InChI is InChI=1S/C12H12FNO.C5H10O2/c13-10-3-1-9(2-4-10)7-11-8-12(15)5-6-14-11;1-2-3-4-5(6)7/h1-4,7,14H,5-6,8H2;2-4H2,1H3,(H,6,7). The maximum absolute atomic E-state index is 12.6. The van der Waals surface area contributed by atoms with E-state index in [1.807, 2.05) is 13.0 Å². The SMILES string of the molecule is CCCCC(=O)O.O=C1CCNC(=Cc2ccc(F)cc2)C1. The Morgan fingerprint density at radius 1 is 1.36 bits per heavy atom. The average Bonchev–Trinajstić information content (AvgIpc) is 2.48. The molecule has 1 aromatic rings. The molecule has 1 heterocycles. The number of piperidine rings is 1. The molecular formula is C17H22FNO3. The minimum Gasteiger partial charge on any atom is -0.481 e. The van der Waals surface area contributed by atoms with E-state index in [2.05, 4.69) is 5.32 Å². The Bertz CT molecular complexity index is 523. The molecule has 2 rings (SSSR count). The normalized spacial score (nSPS) is 15.7. The molecule has 5 heteroatoms. The van der Waals surface area contributed by atoms with Crippen molar-refractivity contribution in [1.29, 1.82) is 0 Å². The highest BCUT2D eigenvalue weighted by Crippen LogP contribution is 2.12. The summed E-state index contributed by atoms with van der Waals surface area (Å²) in [7, 11) is 0. The van der Waals surface area contributed by atoms with Gasteiger partial charge in [0.2, 0.25) is 0 Å². The van der Waals surface area contributed by atoms with Crippen LogP contribution in [-0.4, -0.2) is 23.4 Å². The molecule has 0 aromatic heterocycles. The molecule has 1 aliphatic rings. The zero-order valence-electron chi connectivity index (χ0n) is 12.8. The van der Waals surface area contributed by atoms with E-state index in [0.29, 0.717) is 25.8 Å². The number of carbonyl (C=O) groups is 2. The molecule has 0 unspecified atom stereocenters. The topological polar surface area (TPSA) is 66.4 Å². The average molecular weight is 307 g/mol. The predicted octanol–water partition coefficient (Wildman–Crippen LogP) is 3.38. The van der Waals surface area contributed by atoms with Crippen LogP contribution < -0.4 is 5.32 Å². The van der Waals surface area contributed by atoms with Crippen LogP contribution >= 0.6 is 0 Å². The van der Waals surface area contributed by atoms with E-state index < -0.39 is 5.97 Å². The van der Waals surface area contributed by atoms with Crippen LogP contribution in [0.1, 0.15) is 44.6 Å². The maximum Gasteiger partial charge on any atom is 0.303 e. The van der Waals surface area contributed by atoms with Crippen molar-refractivity contribution in [3.63, 3.8) is 0 Å². The number of aliphatic carboxylic acids is 1. The van der Waals surface area contributed by atoms with Crippen LogP contribution in [0.25, 0.3) is 6.08 Å². The Hall–Kier alpha value is -2.17. The highest BCUT2D eigenvalue weighted by molar-refractivity contribution is 5.83. The number of Topliss-reactive ketones (excluding diaryl/α,β-unsaturated/α-hetero) is 1. The van der Waals surface area contributed by atoms with Crippen molar-refractivity contribution in [2.24, 2.45) is 0 Å². The molecule has 120 valence electrons. The Labute approximate surface area is 130 Å². The van der Waals surface area contributed by atoms with Crippen LogP contribution in [0.5, 0.6) is 0 Å². The lowest BCUT2D eigenvalue weighted by atomic mass is 10.1. The van der Waals surface area contributed by atoms with Gasteiger partial charge in [0.1, 0.15) is 11.6 Å². The molecule has 1 fully saturated rings. The number of carbonyl (C=O) groups excluding carboxylic acids is 1. The Morgan fingerprint density at radius 2 is 2.05 bits per heavy atom. The molecule has 4 nitrogen and oxygen atoms in total. The lowest BCUT2D eigenvalue weighted by molar-refractivity contribution is -0.137. The van der Waals surface area contributed by atoms with E-state index in [4.69, 9.17) is 5.11 Å². The van der Waals surface area contributed by atoms with Crippen LogP contribution in [0.15, 0.2) is 30.0 Å². The minimum atomic E-state index is -0.693. The van der Waals surface area contributed by atoms with Gasteiger partial charge in [0.05, 0.1) is 0 Å². The smallest absolute Gasteiger partial charge is 0.303 e. The first kappa shape index (κ1) is 17.9. The van der Waals surface area contributed by atoms with Crippen molar-refractivity contribution in [3.05, 3.63) is 41.3 Å². The Morgan fingerprint density at radius 3 is 2.55 bits per heavy atom. The van der Waals surface area contributed by atoms with Crippen LogP contribution in [0.2, 0.25) is 0 Å². The second-order valence-electron chi connectivity index (χ2n) is 5.11. The molecule has 22 heavy (non-hydrogen) atoms. The molecule has 0 aliphatic carbocycles. The number of ketones is 1. The molecule has 0 amide bonds. The first-order valence-electron chi connectivity index (χ1n) is 7.44. The van der Waals surface area contributed by atoms with E-state index in [1.54, 1.807) is 12.1 Å². The van der Waals surface area contributed by atoms with Gasteiger partial charge in [0.25, 0.3) is 0 Å². The van der Waals surface area contributed by atoms with Gasteiger partial charge in [-0.1, -0.05) is 25.5 Å². The highest BCUT2D eigenvalue weighted by Gasteiger charge is 2.11. The zero-order valence-corrected chi connectivity index (χ0v) is 12.8. The van der Waals surface area contributed by atoms with E-state index in [0.717, 1.165) is 24.1 Å². The summed E-state index contributed by atoms with van der Waals surface area (Å²) in [5.74, 6) is -0.686. The van der Waals surface area contributed by atoms with Gasteiger partial charge in [-0.15, -0.1) is 0 Å². The van der Waals surface area contributed by atoms with Crippen molar-refractivity contribution in [3.8, 4) is 0 Å². The number of hydrogen-bond acceptors (Lipinski definition) is 3. The number of nitrogens with one attached hydrogen (secondary N) is 1. The van der Waals surface area contributed by atoms with Gasteiger partial charge in [-0.05, 0) is 30.2 Å². The summed E-state index contributed by atoms with van der Waals surface area (Å²) < 4.78 is 12.6. The number of halogens is 1. The van der Waals surface area contributed by atoms with Gasteiger partial charge in [-0.2, -0.15) is 0 Å². The van der Waals surface area contributed by atoms with Crippen molar-refractivity contribution in [2.75, 3.05) is 6.54 Å². The van der Waals surface area contributed by atoms with Gasteiger partial charge in [0.15, 0.2) is 0 Å². The number of rotatable bonds is 4. The summed E-state index contributed by atoms with van der Waals surface area (Å²) in [4.78, 5) is 20.9. The highest BCUT2D eigenvalue weighted by atomic mass is 19.1. The third kappa shape index (κ3) is 7.57. The second-order valence-corrected chi connectivity index (χ2v) is 5.11. The molecule has 0 spiro atoms. The predicted molar refractivity (Wildman–Crippen MR) is 83.8 cm³/mol.